The van der Waals surface area contributed by atoms with E-state index in [-0.39, 0.29) is 16.6 Å². The Balaban J connectivity index is 3.22. The molecular weight excluding hydrogens is 230 g/mol. The molecule has 0 heterocycles. The predicted molar refractivity (Wildman–Crippen MR) is 58.2 cm³/mol. The quantitative estimate of drug-likeness (QED) is 0.729. The lowest BCUT2D eigenvalue weighted by Crippen LogP contribution is -2.21. The van der Waals surface area contributed by atoms with E-state index in [1.54, 1.807) is 14.1 Å². The van der Waals surface area contributed by atoms with Gasteiger partial charge in [0.15, 0.2) is 0 Å². The van der Waals surface area contributed by atoms with E-state index < -0.39 is 11.1 Å². The van der Waals surface area contributed by atoms with Gasteiger partial charge in [-0.3, -0.25) is 9.00 Å². The number of nitrogens with zero attached hydrogens (tertiary/aromatic N) is 1. The minimum Gasteiger partial charge on any atom is -0.768 e. The summed E-state index contributed by atoms with van der Waals surface area (Å²) in [5.41, 5.74) is 0.310. The Labute approximate surface area is 96.3 Å². The second-order valence-electron chi connectivity index (χ2n) is 3.30. The van der Waals surface area contributed by atoms with Gasteiger partial charge in [0.25, 0.3) is 5.91 Å². The first-order valence-electron chi connectivity index (χ1n) is 4.46. The molecule has 1 aromatic rings. The summed E-state index contributed by atoms with van der Waals surface area (Å²) in [6, 6.07) is 4.28. The molecule has 16 heavy (non-hydrogen) atoms. The van der Waals surface area contributed by atoms with E-state index in [0.29, 0.717) is 5.56 Å². The van der Waals surface area contributed by atoms with Gasteiger partial charge in [-0.05, 0) is 29.3 Å². The molecule has 0 aromatic heterocycles. The molecule has 88 valence electrons. The molecule has 0 aliphatic heterocycles. The summed E-state index contributed by atoms with van der Waals surface area (Å²) in [4.78, 5) is 13.0. The topological polar surface area (TPSA) is 69.7 Å². The van der Waals surface area contributed by atoms with Gasteiger partial charge < -0.3 is 14.2 Å². The number of hydrogen-bond donors (Lipinski definition) is 0. The molecule has 0 bridgehead atoms. The maximum absolute atomic E-state index is 11.6. The van der Waals surface area contributed by atoms with Crippen molar-refractivity contribution in [2.75, 3.05) is 21.2 Å². The molecule has 1 aromatic carbocycles. The van der Waals surface area contributed by atoms with Crippen molar-refractivity contribution in [1.82, 2.24) is 4.90 Å². The monoisotopic (exact) mass is 242 g/mol. The molecule has 1 rings (SSSR count). The van der Waals surface area contributed by atoms with Crippen molar-refractivity contribution in [2.24, 2.45) is 0 Å². The lowest BCUT2D eigenvalue weighted by molar-refractivity contribution is 0.0827. The van der Waals surface area contributed by atoms with E-state index in [1.807, 2.05) is 0 Å². The number of carbonyl (C=O) groups is 1. The first kappa shape index (κ1) is 12.7. The van der Waals surface area contributed by atoms with Crippen LogP contribution in [-0.4, -0.2) is 40.8 Å². The smallest absolute Gasteiger partial charge is 0.253 e. The summed E-state index contributed by atoms with van der Waals surface area (Å²) in [6.45, 7) is 0. The molecule has 6 heteroatoms. The summed E-state index contributed by atoms with van der Waals surface area (Å²) in [6.07, 6.45) is 0. The molecule has 0 aliphatic carbocycles. The molecule has 0 N–H and O–H groups in total. The van der Waals surface area contributed by atoms with Crippen molar-refractivity contribution in [3.63, 3.8) is 0 Å². The molecule has 1 amide bonds. The number of methoxy groups -OCH3 is 1. The molecule has 0 saturated carbocycles. The Morgan fingerprint density at radius 1 is 1.44 bits per heavy atom. The third-order valence-corrected chi connectivity index (χ3v) is 2.67. The van der Waals surface area contributed by atoms with Crippen LogP contribution < -0.4 is 4.74 Å². The summed E-state index contributed by atoms with van der Waals surface area (Å²) < 4.78 is 26.7. The average Bonchev–Trinajstić information content (AvgIpc) is 2.26. The molecule has 1 unspecified atom stereocenters. The van der Waals surface area contributed by atoms with E-state index in [4.69, 9.17) is 4.74 Å². The van der Waals surface area contributed by atoms with Gasteiger partial charge in [-0.25, -0.2) is 0 Å². The Hall–Kier alpha value is -1.40. The predicted octanol–water partition coefficient (Wildman–Crippen LogP) is 0.635. The highest BCUT2D eigenvalue weighted by atomic mass is 32.2. The molecule has 5 nitrogen and oxygen atoms in total. The van der Waals surface area contributed by atoms with Gasteiger partial charge in [0.1, 0.15) is 5.75 Å². The number of hydrogen-bond acceptors (Lipinski definition) is 4. The second kappa shape index (κ2) is 5.09. The third-order valence-electron chi connectivity index (χ3n) is 2.00. The molecule has 0 saturated heterocycles. The summed E-state index contributed by atoms with van der Waals surface area (Å²) in [5.74, 6) is -0.0296. The maximum Gasteiger partial charge on any atom is 0.253 e. The van der Waals surface area contributed by atoms with Gasteiger partial charge in [-0.2, -0.15) is 0 Å². The highest BCUT2D eigenvalue weighted by Crippen LogP contribution is 2.23. The number of ether oxygens (including phenoxy) is 1. The Kier molecular flexibility index (Phi) is 4.03. The zero-order chi connectivity index (χ0) is 12.3. The zero-order valence-corrected chi connectivity index (χ0v) is 10.0. The van der Waals surface area contributed by atoms with Crippen LogP contribution >= 0.6 is 0 Å². The van der Waals surface area contributed by atoms with Crippen molar-refractivity contribution >= 4 is 17.0 Å². The maximum atomic E-state index is 11.6. The van der Waals surface area contributed by atoms with E-state index in [0.717, 1.165) is 0 Å². The number of carbonyl (C=O) groups excluding carboxylic acids is 1. The highest BCUT2D eigenvalue weighted by Gasteiger charge is 2.11. The van der Waals surface area contributed by atoms with Gasteiger partial charge in [-0.1, -0.05) is 0 Å². The SMILES string of the molecule is COc1ccc(C(=O)N(C)C)cc1S(=O)[O-]. The number of amides is 1. The van der Waals surface area contributed by atoms with E-state index >= 15 is 0 Å². The van der Waals surface area contributed by atoms with Crippen LogP contribution in [0.2, 0.25) is 0 Å². The Morgan fingerprint density at radius 3 is 2.50 bits per heavy atom. The Bertz CT molecular complexity index is 431. The van der Waals surface area contributed by atoms with Crippen LogP contribution in [0.25, 0.3) is 0 Å². The number of benzene rings is 1. The van der Waals surface area contributed by atoms with Crippen LogP contribution in [0.4, 0.5) is 0 Å². The summed E-state index contributed by atoms with van der Waals surface area (Å²) >= 11 is -2.43. The lowest BCUT2D eigenvalue weighted by atomic mass is 10.2. The fourth-order valence-corrected chi connectivity index (χ4v) is 1.74. The second-order valence-corrected chi connectivity index (χ2v) is 4.21. The van der Waals surface area contributed by atoms with Crippen molar-refractivity contribution in [3.05, 3.63) is 23.8 Å². The first-order valence-corrected chi connectivity index (χ1v) is 5.53. The largest absolute Gasteiger partial charge is 0.768 e. The van der Waals surface area contributed by atoms with E-state index in [2.05, 4.69) is 0 Å². The molecular formula is C10H12NO4S-. The number of rotatable bonds is 3. The minimum atomic E-state index is -2.43. The lowest BCUT2D eigenvalue weighted by Gasteiger charge is -2.14. The fraction of sp³-hybridized carbons (Fsp3) is 0.300. The first-order chi connectivity index (χ1) is 7.47. The third kappa shape index (κ3) is 2.59. The van der Waals surface area contributed by atoms with Crippen LogP contribution in [0.1, 0.15) is 10.4 Å². The van der Waals surface area contributed by atoms with Gasteiger partial charge in [0.05, 0.1) is 12.0 Å². The summed E-state index contributed by atoms with van der Waals surface area (Å²) in [7, 11) is 4.57. The molecule has 0 radical (unpaired) electrons. The van der Waals surface area contributed by atoms with Gasteiger partial charge in [0.2, 0.25) is 0 Å². The molecule has 0 fully saturated rings. The fourth-order valence-electron chi connectivity index (χ4n) is 1.20. The van der Waals surface area contributed by atoms with Crippen LogP contribution in [-0.2, 0) is 11.1 Å². The zero-order valence-electron chi connectivity index (χ0n) is 9.22. The average molecular weight is 242 g/mol. The van der Waals surface area contributed by atoms with Crippen molar-refractivity contribution in [3.8, 4) is 5.75 Å². The van der Waals surface area contributed by atoms with Crippen molar-refractivity contribution < 1.29 is 18.3 Å². The minimum absolute atomic E-state index is 0.0183. The van der Waals surface area contributed by atoms with E-state index in [9.17, 15) is 13.6 Å². The van der Waals surface area contributed by atoms with Crippen LogP contribution in [0.3, 0.4) is 0 Å². The van der Waals surface area contributed by atoms with Crippen LogP contribution in [0.5, 0.6) is 5.75 Å². The standard InChI is InChI=1S/C10H13NO4S/c1-11(2)10(12)7-4-5-8(15-3)9(6-7)16(13)14/h4-6H,1-3H3,(H,13,14)/p-1. The van der Waals surface area contributed by atoms with Crippen LogP contribution in [0.15, 0.2) is 23.1 Å². The van der Waals surface area contributed by atoms with Crippen molar-refractivity contribution in [2.45, 2.75) is 4.90 Å². The van der Waals surface area contributed by atoms with E-state index in [1.165, 1.54) is 30.2 Å². The Morgan fingerprint density at radius 2 is 2.06 bits per heavy atom. The normalized spacial score (nSPS) is 12.0. The van der Waals surface area contributed by atoms with Gasteiger partial charge in [0, 0.05) is 19.7 Å². The van der Waals surface area contributed by atoms with Gasteiger partial charge in [-0.15, -0.1) is 0 Å². The highest BCUT2D eigenvalue weighted by molar-refractivity contribution is 7.79. The molecule has 1 atom stereocenters. The van der Waals surface area contributed by atoms with Crippen LogP contribution in [0, 0.1) is 0 Å². The van der Waals surface area contributed by atoms with Crippen molar-refractivity contribution in [1.29, 1.82) is 0 Å². The molecule has 0 spiro atoms. The summed E-state index contributed by atoms with van der Waals surface area (Å²) in [5, 5.41) is 0. The van der Waals surface area contributed by atoms with Gasteiger partial charge >= 0.3 is 0 Å². The molecule has 0 aliphatic rings.